The van der Waals surface area contributed by atoms with Gasteiger partial charge in [-0.1, -0.05) is 46.3 Å². The molecular weight excluding hydrogens is 498 g/mol. The molecule has 0 bridgehead atoms. The number of aromatic nitrogens is 1. The molecule has 0 aliphatic rings. The minimum absolute atomic E-state index is 0.0111. The van der Waals surface area contributed by atoms with Gasteiger partial charge in [-0.25, -0.2) is 9.59 Å². The molecule has 0 fully saturated rings. The molecule has 0 saturated heterocycles. The average Bonchev–Trinajstić information content (AvgIpc) is 2.76. The highest BCUT2D eigenvalue weighted by atomic mass is 79.9. The molecule has 33 heavy (non-hydrogen) atoms. The standard InChI is InChI=1S/C22H18BrN3O7/c23-12-6-7-14(33-10-15(27)25-9-11-4-2-1-3-5-11)13(8-12)16-17(21(29)30)19(24)26-20(28)18(16)22(31)32/h1-8H,9-10H2,(H,25,27)(H,29,30)(H,31,32)(H3,24,26,28). The third-order valence-corrected chi connectivity index (χ3v) is 5.07. The summed E-state index contributed by atoms with van der Waals surface area (Å²) in [5, 5.41) is 21.9. The van der Waals surface area contributed by atoms with Crippen molar-refractivity contribution in [2.45, 2.75) is 6.54 Å². The molecule has 1 heterocycles. The number of nitrogen functional groups attached to an aromatic ring is 1. The summed E-state index contributed by atoms with van der Waals surface area (Å²) in [7, 11) is 0. The first-order valence-corrected chi connectivity index (χ1v) is 10.2. The number of anilines is 1. The Labute approximate surface area is 195 Å². The molecule has 10 nitrogen and oxygen atoms in total. The van der Waals surface area contributed by atoms with Crippen molar-refractivity contribution in [3.63, 3.8) is 0 Å². The Hall–Kier alpha value is -4.12. The molecule has 0 aliphatic carbocycles. The number of ether oxygens (including phenoxy) is 1. The van der Waals surface area contributed by atoms with Crippen LogP contribution < -0.4 is 21.3 Å². The Morgan fingerprint density at radius 1 is 1.03 bits per heavy atom. The van der Waals surface area contributed by atoms with E-state index in [2.05, 4.69) is 21.2 Å². The zero-order chi connectivity index (χ0) is 24.1. The average molecular weight is 516 g/mol. The van der Waals surface area contributed by atoms with Crippen molar-refractivity contribution in [3.8, 4) is 16.9 Å². The second-order valence-electron chi connectivity index (χ2n) is 6.79. The number of hydrogen-bond donors (Lipinski definition) is 5. The lowest BCUT2D eigenvalue weighted by Crippen LogP contribution is -2.28. The first kappa shape index (κ1) is 23.5. The molecular formula is C22H18BrN3O7. The minimum atomic E-state index is -1.65. The number of hydrogen-bond acceptors (Lipinski definition) is 6. The van der Waals surface area contributed by atoms with Gasteiger partial charge in [0.25, 0.3) is 11.5 Å². The van der Waals surface area contributed by atoms with Crippen LogP contribution >= 0.6 is 15.9 Å². The first-order chi connectivity index (χ1) is 15.7. The lowest BCUT2D eigenvalue weighted by Gasteiger charge is -2.16. The van der Waals surface area contributed by atoms with Crippen LogP contribution in [0.2, 0.25) is 0 Å². The quantitative estimate of drug-likeness (QED) is 0.304. The van der Waals surface area contributed by atoms with Crippen molar-refractivity contribution in [1.82, 2.24) is 10.3 Å². The number of carboxylic acid groups (broad SMARTS) is 2. The van der Waals surface area contributed by atoms with E-state index in [-0.39, 0.29) is 17.9 Å². The normalized spacial score (nSPS) is 10.5. The third kappa shape index (κ3) is 5.39. The third-order valence-electron chi connectivity index (χ3n) is 4.57. The summed E-state index contributed by atoms with van der Waals surface area (Å²) >= 11 is 3.24. The summed E-state index contributed by atoms with van der Waals surface area (Å²) < 4.78 is 6.02. The van der Waals surface area contributed by atoms with E-state index in [1.54, 1.807) is 6.07 Å². The number of aromatic amines is 1. The van der Waals surface area contributed by atoms with Crippen molar-refractivity contribution < 1.29 is 29.3 Å². The van der Waals surface area contributed by atoms with Gasteiger partial charge < -0.3 is 31.0 Å². The van der Waals surface area contributed by atoms with Gasteiger partial charge in [0.05, 0.1) is 0 Å². The fourth-order valence-corrected chi connectivity index (χ4v) is 3.49. The minimum Gasteiger partial charge on any atom is -0.483 e. The summed E-state index contributed by atoms with van der Waals surface area (Å²) in [5.41, 5.74) is 3.60. The smallest absolute Gasteiger partial charge is 0.342 e. The van der Waals surface area contributed by atoms with E-state index in [0.717, 1.165) is 5.56 Å². The number of pyridine rings is 1. The fourth-order valence-electron chi connectivity index (χ4n) is 3.13. The zero-order valence-corrected chi connectivity index (χ0v) is 18.5. The van der Waals surface area contributed by atoms with Gasteiger partial charge in [-0.2, -0.15) is 0 Å². The Kier molecular flexibility index (Phi) is 7.13. The zero-order valence-electron chi connectivity index (χ0n) is 16.9. The molecule has 1 aromatic heterocycles. The lowest BCUT2D eigenvalue weighted by molar-refractivity contribution is -0.123. The topological polar surface area (TPSA) is 172 Å². The van der Waals surface area contributed by atoms with E-state index in [1.165, 1.54) is 12.1 Å². The number of benzene rings is 2. The summed E-state index contributed by atoms with van der Waals surface area (Å²) in [4.78, 5) is 50.3. The number of rotatable bonds is 8. The molecule has 0 aliphatic heterocycles. The molecule has 170 valence electrons. The van der Waals surface area contributed by atoms with Gasteiger partial charge in [-0.3, -0.25) is 9.59 Å². The van der Waals surface area contributed by atoms with Crippen LogP contribution in [0.5, 0.6) is 5.75 Å². The number of H-pyrrole nitrogens is 1. The van der Waals surface area contributed by atoms with Gasteiger partial charge in [0, 0.05) is 22.1 Å². The van der Waals surface area contributed by atoms with Crippen LogP contribution in [0.25, 0.3) is 11.1 Å². The summed E-state index contributed by atoms with van der Waals surface area (Å²) in [5.74, 6) is -4.19. The molecule has 2 aromatic carbocycles. The van der Waals surface area contributed by atoms with E-state index in [9.17, 15) is 29.4 Å². The van der Waals surface area contributed by atoms with Crippen LogP contribution in [-0.4, -0.2) is 39.6 Å². The molecule has 0 radical (unpaired) electrons. The van der Waals surface area contributed by atoms with E-state index in [4.69, 9.17) is 10.5 Å². The highest BCUT2D eigenvalue weighted by molar-refractivity contribution is 9.10. The van der Waals surface area contributed by atoms with Crippen molar-refractivity contribution >= 4 is 39.6 Å². The molecule has 0 atom stereocenters. The largest absolute Gasteiger partial charge is 0.483 e. The molecule has 0 unspecified atom stereocenters. The van der Waals surface area contributed by atoms with Crippen LogP contribution in [-0.2, 0) is 11.3 Å². The maximum atomic E-state index is 12.3. The van der Waals surface area contributed by atoms with Crippen LogP contribution in [0.1, 0.15) is 26.3 Å². The maximum absolute atomic E-state index is 12.3. The van der Waals surface area contributed by atoms with Crippen LogP contribution in [0.3, 0.4) is 0 Å². The Bertz CT molecular complexity index is 1290. The Balaban J connectivity index is 1.98. The lowest BCUT2D eigenvalue weighted by atomic mass is 9.94. The van der Waals surface area contributed by atoms with E-state index in [1.807, 2.05) is 35.3 Å². The predicted octanol–water partition coefficient (Wildman–Crippen LogP) is 2.48. The molecule has 1 amide bonds. The summed E-state index contributed by atoms with van der Waals surface area (Å²) in [6.07, 6.45) is 0. The Morgan fingerprint density at radius 3 is 2.33 bits per heavy atom. The van der Waals surface area contributed by atoms with Gasteiger partial charge in [-0.15, -0.1) is 0 Å². The number of carbonyl (C=O) groups is 3. The Morgan fingerprint density at radius 2 is 1.70 bits per heavy atom. The van der Waals surface area contributed by atoms with Gasteiger partial charge in [0.2, 0.25) is 0 Å². The van der Waals surface area contributed by atoms with Crippen molar-refractivity contribution in [3.05, 3.63) is 80.0 Å². The number of carboxylic acids is 2. The second kappa shape index (κ2) is 10.0. The second-order valence-corrected chi connectivity index (χ2v) is 7.71. The number of amides is 1. The van der Waals surface area contributed by atoms with E-state index in [0.29, 0.717) is 4.47 Å². The number of aromatic carboxylic acids is 2. The molecule has 11 heteroatoms. The van der Waals surface area contributed by atoms with Crippen molar-refractivity contribution in [2.24, 2.45) is 0 Å². The molecule has 6 N–H and O–H groups in total. The summed E-state index contributed by atoms with van der Waals surface area (Å²) in [6, 6.07) is 13.5. The monoisotopic (exact) mass is 515 g/mol. The fraction of sp³-hybridized carbons (Fsp3) is 0.0909. The van der Waals surface area contributed by atoms with Gasteiger partial charge in [0.15, 0.2) is 6.61 Å². The molecule has 3 rings (SSSR count). The van der Waals surface area contributed by atoms with E-state index >= 15 is 0 Å². The van der Waals surface area contributed by atoms with Gasteiger partial charge in [-0.05, 0) is 23.8 Å². The molecule has 3 aromatic rings. The van der Waals surface area contributed by atoms with Gasteiger partial charge in [0.1, 0.15) is 22.7 Å². The molecule has 0 spiro atoms. The first-order valence-electron chi connectivity index (χ1n) is 9.44. The van der Waals surface area contributed by atoms with Crippen molar-refractivity contribution in [2.75, 3.05) is 12.3 Å². The number of nitrogens with two attached hydrogens (primary N) is 1. The van der Waals surface area contributed by atoms with Crippen LogP contribution in [0, 0.1) is 0 Å². The SMILES string of the molecule is Nc1[nH]c(=O)c(C(=O)O)c(-c2cc(Br)ccc2OCC(=O)NCc2ccccc2)c1C(=O)O. The van der Waals surface area contributed by atoms with Crippen molar-refractivity contribution in [1.29, 1.82) is 0 Å². The number of carbonyl (C=O) groups excluding carboxylic acids is 1. The molecule has 0 saturated carbocycles. The highest BCUT2D eigenvalue weighted by Gasteiger charge is 2.28. The van der Waals surface area contributed by atoms with Crippen LogP contribution in [0.15, 0.2) is 57.8 Å². The van der Waals surface area contributed by atoms with Crippen LogP contribution in [0.4, 0.5) is 5.82 Å². The van der Waals surface area contributed by atoms with E-state index < -0.39 is 52.5 Å². The van der Waals surface area contributed by atoms with Gasteiger partial charge >= 0.3 is 11.9 Å². The number of nitrogens with one attached hydrogen (secondary N) is 2. The highest BCUT2D eigenvalue weighted by Crippen LogP contribution is 2.37. The predicted molar refractivity (Wildman–Crippen MR) is 122 cm³/mol. The summed E-state index contributed by atoms with van der Waals surface area (Å²) in [6.45, 7) is -0.169. The maximum Gasteiger partial charge on any atom is 0.342 e. The number of halogens is 1.